The SMILES string of the molecule is Cc1cc(-c2ccc(F)cc2)c(C=CC(O)CC(=O)CC(=O)O)c(C)n1. The Morgan fingerprint density at radius 1 is 1.23 bits per heavy atom. The number of aliphatic hydroxyl groups is 1. The van der Waals surface area contributed by atoms with Crippen molar-refractivity contribution in [1.29, 1.82) is 0 Å². The zero-order valence-corrected chi connectivity index (χ0v) is 14.6. The molecule has 2 rings (SSSR count). The van der Waals surface area contributed by atoms with E-state index in [4.69, 9.17) is 5.11 Å². The van der Waals surface area contributed by atoms with Crippen molar-refractivity contribution in [3.05, 3.63) is 59.2 Å². The Labute approximate surface area is 150 Å². The average molecular weight is 357 g/mol. The smallest absolute Gasteiger partial charge is 0.310 e. The standard InChI is InChI=1S/C20H20FNO4/c1-12-9-19(14-3-5-15(21)6-4-14)18(13(2)22-12)8-7-16(23)10-17(24)11-20(25)26/h3-9,16,23H,10-11H2,1-2H3,(H,25,26). The fraction of sp³-hybridized carbons (Fsp3) is 0.250. The number of rotatable bonds is 7. The molecule has 1 atom stereocenters. The first-order valence-electron chi connectivity index (χ1n) is 8.10. The molecule has 26 heavy (non-hydrogen) atoms. The second-order valence-corrected chi connectivity index (χ2v) is 6.06. The Hall–Kier alpha value is -2.86. The maximum atomic E-state index is 13.2. The number of carbonyl (C=O) groups excluding carboxylic acids is 1. The van der Waals surface area contributed by atoms with Gasteiger partial charge in [0.1, 0.15) is 18.0 Å². The lowest BCUT2D eigenvalue weighted by atomic mass is 9.97. The van der Waals surface area contributed by atoms with E-state index in [2.05, 4.69) is 4.98 Å². The average Bonchev–Trinajstić information content (AvgIpc) is 2.53. The van der Waals surface area contributed by atoms with Crippen LogP contribution in [0, 0.1) is 19.7 Å². The van der Waals surface area contributed by atoms with Gasteiger partial charge in [-0.05, 0) is 43.2 Å². The largest absolute Gasteiger partial charge is 0.481 e. The first kappa shape index (κ1) is 19.5. The van der Waals surface area contributed by atoms with Gasteiger partial charge in [0.2, 0.25) is 0 Å². The zero-order chi connectivity index (χ0) is 19.3. The summed E-state index contributed by atoms with van der Waals surface area (Å²) in [5.74, 6) is -2.10. The number of ketones is 1. The van der Waals surface area contributed by atoms with Crippen molar-refractivity contribution in [2.24, 2.45) is 0 Å². The molecule has 0 fully saturated rings. The predicted octanol–water partition coefficient (Wildman–Crippen LogP) is 3.31. The molecule has 6 heteroatoms. The van der Waals surface area contributed by atoms with E-state index in [1.165, 1.54) is 18.2 Å². The van der Waals surface area contributed by atoms with Crippen LogP contribution >= 0.6 is 0 Å². The molecule has 0 aliphatic carbocycles. The lowest BCUT2D eigenvalue weighted by Gasteiger charge is -2.12. The monoisotopic (exact) mass is 357 g/mol. The number of pyridine rings is 1. The minimum absolute atomic E-state index is 0.271. The summed E-state index contributed by atoms with van der Waals surface area (Å²) in [4.78, 5) is 26.4. The summed E-state index contributed by atoms with van der Waals surface area (Å²) in [6, 6.07) is 7.92. The molecule has 1 aromatic carbocycles. The maximum absolute atomic E-state index is 13.2. The molecular weight excluding hydrogens is 337 g/mol. The third kappa shape index (κ3) is 5.32. The fourth-order valence-electron chi connectivity index (χ4n) is 2.67. The Morgan fingerprint density at radius 2 is 1.88 bits per heavy atom. The Bertz CT molecular complexity index is 844. The molecule has 5 nitrogen and oxygen atoms in total. The number of halogens is 1. The summed E-state index contributed by atoms with van der Waals surface area (Å²) in [7, 11) is 0. The highest BCUT2D eigenvalue weighted by atomic mass is 19.1. The third-order valence-corrected chi connectivity index (χ3v) is 3.80. The number of aromatic nitrogens is 1. The predicted molar refractivity (Wildman–Crippen MR) is 96.0 cm³/mol. The van der Waals surface area contributed by atoms with Crippen LogP contribution in [0.2, 0.25) is 0 Å². The van der Waals surface area contributed by atoms with Crippen molar-refractivity contribution in [3.63, 3.8) is 0 Å². The van der Waals surface area contributed by atoms with Crippen LogP contribution in [-0.4, -0.2) is 33.1 Å². The number of nitrogens with zero attached hydrogens (tertiary/aromatic N) is 1. The van der Waals surface area contributed by atoms with Crippen molar-refractivity contribution in [1.82, 2.24) is 4.98 Å². The quantitative estimate of drug-likeness (QED) is 0.742. The molecule has 0 saturated heterocycles. The molecule has 0 saturated carbocycles. The van der Waals surface area contributed by atoms with Crippen molar-refractivity contribution in [3.8, 4) is 11.1 Å². The molecule has 2 N–H and O–H groups in total. The maximum Gasteiger partial charge on any atom is 0.310 e. The van der Waals surface area contributed by atoms with Gasteiger partial charge in [0.25, 0.3) is 0 Å². The van der Waals surface area contributed by atoms with E-state index in [-0.39, 0.29) is 12.2 Å². The first-order chi connectivity index (χ1) is 12.3. The second-order valence-electron chi connectivity index (χ2n) is 6.06. The van der Waals surface area contributed by atoms with E-state index < -0.39 is 24.3 Å². The number of carboxylic acids is 1. The van der Waals surface area contributed by atoms with E-state index in [0.29, 0.717) is 0 Å². The van der Waals surface area contributed by atoms with Crippen LogP contribution in [0.4, 0.5) is 4.39 Å². The van der Waals surface area contributed by atoms with Gasteiger partial charge in [-0.25, -0.2) is 4.39 Å². The van der Waals surface area contributed by atoms with Gasteiger partial charge >= 0.3 is 5.97 Å². The van der Waals surface area contributed by atoms with Gasteiger partial charge in [0.15, 0.2) is 0 Å². The highest BCUT2D eigenvalue weighted by Crippen LogP contribution is 2.28. The number of hydrogen-bond acceptors (Lipinski definition) is 4. The molecule has 1 aromatic heterocycles. The van der Waals surface area contributed by atoms with Crippen molar-refractivity contribution >= 4 is 17.8 Å². The van der Waals surface area contributed by atoms with Gasteiger partial charge in [-0.15, -0.1) is 0 Å². The van der Waals surface area contributed by atoms with E-state index in [1.54, 1.807) is 18.2 Å². The van der Waals surface area contributed by atoms with Gasteiger partial charge in [0, 0.05) is 23.4 Å². The summed E-state index contributed by atoms with van der Waals surface area (Å²) in [5, 5.41) is 18.6. The lowest BCUT2D eigenvalue weighted by Crippen LogP contribution is -2.14. The number of aliphatic carboxylic acids is 1. The molecule has 136 valence electrons. The van der Waals surface area contributed by atoms with Crippen LogP contribution in [0.3, 0.4) is 0 Å². The molecule has 0 aliphatic heterocycles. The van der Waals surface area contributed by atoms with Crippen LogP contribution in [-0.2, 0) is 9.59 Å². The van der Waals surface area contributed by atoms with E-state index in [0.717, 1.165) is 28.1 Å². The van der Waals surface area contributed by atoms with Crippen LogP contribution in [0.25, 0.3) is 17.2 Å². The Balaban J connectivity index is 2.29. The van der Waals surface area contributed by atoms with Gasteiger partial charge < -0.3 is 10.2 Å². The van der Waals surface area contributed by atoms with E-state index in [9.17, 15) is 19.1 Å². The summed E-state index contributed by atoms with van der Waals surface area (Å²) in [6.07, 6.45) is 1.11. The molecule has 0 bridgehead atoms. The topological polar surface area (TPSA) is 87.5 Å². The first-order valence-corrected chi connectivity index (χ1v) is 8.10. The summed E-state index contributed by atoms with van der Waals surface area (Å²) in [5.41, 5.74) is 3.90. The van der Waals surface area contributed by atoms with Gasteiger partial charge in [0.05, 0.1) is 6.10 Å². The zero-order valence-electron chi connectivity index (χ0n) is 14.6. The molecule has 0 aliphatic rings. The van der Waals surface area contributed by atoms with Crippen molar-refractivity contribution in [2.75, 3.05) is 0 Å². The second kappa shape index (κ2) is 8.49. The van der Waals surface area contributed by atoms with Gasteiger partial charge in [-0.3, -0.25) is 14.6 Å². The summed E-state index contributed by atoms with van der Waals surface area (Å²) < 4.78 is 13.2. The lowest BCUT2D eigenvalue weighted by molar-refractivity contribution is -0.140. The minimum Gasteiger partial charge on any atom is -0.481 e. The third-order valence-electron chi connectivity index (χ3n) is 3.80. The molecule has 1 unspecified atom stereocenters. The molecule has 0 amide bonds. The highest BCUT2D eigenvalue weighted by Gasteiger charge is 2.13. The van der Waals surface area contributed by atoms with Crippen LogP contribution < -0.4 is 0 Å². The van der Waals surface area contributed by atoms with Crippen LogP contribution in [0.1, 0.15) is 29.8 Å². The normalized spacial score (nSPS) is 12.3. The number of benzene rings is 1. The van der Waals surface area contributed by atoms with Gasteiger partial charge in [-0.1, -0.05) is 24.3 Å². The fourth-order valence-corrected chi connectivity index (χ4v) is 2.67. The molecule has 2 aromatic rings. The van der Waals surface area contributed by atoms with E-state index in [1.807, 2.05) is 19.9 Å². The summed E-state index contributed by atoms with van der Waals surface area (Å²) >= 11 is 0. The van der Waals surface area contributed by atoms with Crippen molar-refractivity contribution in [2.45, 2.75) is 32.8 Å². The molecule has 1 heterocycles. The number of Topliss-reactive ketones (excluding diaryl/α,β-unsaturated/α-hetero) is 1. The minimum atomic E-state index is -1.22. The number of hydrogen-bond donors (Lipinski definition) is 2. The molecule has 0 radical (unpaired) electrons. The van der Waals surface area contributed by atoms with Gasteiger partial charge in [-0.2, -0.15) is 0 Å². The number of carboxylic acid groups (broad SMARTS) is 1. The number of aliphatic hydroxyl groups excluding tert-OH is 1. The van der Waals surface area contributed by atoms with E-state index >= 15 is 0 Å². The Morgan fingerprint density at radius 3 is 2.50 bits per heavy atom. The Kier molecular flexibility index (Phi) is 6.36. The molecular formula is C20H20FNO4. The summed E-state index contributed by atoms with van der Waals surface area (Å²) in [6.45, 7) is 3.68. The number of aryl methyl sites for hydroxylation is 2. The van der Waals surface area contributed by atoms with Crippen LogP contribution in [0.5, 0.6) is 0 Å². The van der Waals surface area contributed by atoms with Crippen molar-refractivity contribution < 1.29 is 24.2 Å². The number of carbonyl (C=O) groups is 2. The van der Waals surface area contributed by atoms with Crippen LogP contribution in [0.15, 0.2) is 36.4 Å². The highest BCUT2D eigenvalue weighted by molar-refractivity contribution is 5.95. The molecule has 0 spiro atoms.